The number of rotatable bonds is 5. The maximum absolute atomic E-state index is 10.7. The average molecular weight is 174 g/mol. The Morgan fingerprint density at radius 3 is 2.08 bits per heavy atom. The van der Waals surface area contributed by atoms with Crippen LogP contribution in [0.1, 0.15) is 27.7 Å². The number of aliphatic carboxylic acids is 1. The molecule has 0 aromatic rings. The molecule has 0 amide bonds. The lowest BCUT2D eigenvalue weighted by Gasteiger charge is -2.17. The molecular formula is C9H18O3. The van der Waals surface area contributed by atoms with E-state index in [4.69, 9.17) is 9.84 Å². The molecule has 3 heteroatoms. The van der Waals surface area contributed by atoms with Crippen LogP contribution in [0.5, 0.6) is 0 Å². The van der Waals surface area contributed by atoms with Crippen LogP contribution in [0.4, 0.5) is 0 Å². The second-order valence-electron chi connectivity index (χ2n) is 3.57. The van der Waals surface area contributed by atoms with Gasteiger partial charge >= 0.3 is 5.97 Å². The molecule has 1 N–H and O–H groups in total. The summed E-state index contributed by atoms with van der Waals surface area (Å²) in [5, 5.41) is 8.78. The van der Waals surface area contributed by atoms with Gasteiger partial charge in [0.2, 0.25) is 0 Å². The first-order valence-corrected chi connectivity index (χ1v) is 4.29. The number of ether oxygens (including phenoxy) is 1. The van der Waals surface area contributed by atoms with Gasteiger partial charge in [0, 0.05) is 0 Å². The Balaban J connectivity index is 3.88. The van der Waals surface area contributed by atoms with E-state index in [9.17, 15) is 4.79 Å². The van der Waals surface area contributed by atoms with Gasteiger partial charge in [-0.15, -0.1) is 0 Å². The minimum Gasteiger partial charge on any atom is -0.481 e. The van der Waals surface area contributed by atoms with Crippen molar-refractivity contribution in [2.45, 2.75) is 33.8 Å². The monoisotopic (exact) mass is 174 g/mol. The number of carboxylic acid groups (broad SMARTS) is 1. The van der Waals surface area contributed by atoms with E-state index in [1.54, 1.807) is 0 Å². The zero-order valence-electron chi connectivity index (χ0n) is 8.20. The molecule has 0 saturated carbocycles. The van der Waals surface area contributed by atoms with Gasteiger partial charge in [0.05, 0.1) is 18.6 Å². The van der Waals surface area contributed by atoms with Crippen molar-refractivity contribution in [3.63, 3.8) is 0 Å². The fourth-order valence-electron chi connectivity index (χ4n) is 0.845. The molecule has 0 aliphatic carbocycles. The van der Waals surface area contributed by atoms with Crippen LogP contribution >= 0.6 is 0 Å². The third-order valence-corrected chi connectivity index (χ3v) is 1.73. The van der Waals surface area contributed by atoms with Crippen molar-refractivity contribution < 1.29 is 14.6 Å². The highest BCUT2D eigenvalue weighted by atomic mass is 16.5. The molecule has 0 heterocycles. The van der Waals surface area contributed by atoms with Gasteiger partial charge in [0.15, 0.2) is 0 Å². The maximum Gasteiger partial charge on any atom is 0.309 e. The van der Waals surface area contributed by atoms with Crippen molar-refractivity contribution in [2.24, 2.45) is 11.8 Å². The third kappa shape index (κ3) is 4.34. The van der Waals surface area contributed by atoms with E-state index in [1.807, 2.05) is 27.7 Å². The number of hydrogen-bond acceptors (Lipinski definition) is 2. The fraction of sp³-hybridized carbons (Fsp3) is 0.889. The van der Waals surface area contributed by atoms with E-state index in [-0.39, 0.29) is 17.9 Å². The van der Waals surface area contributed by atoms with E-state index in [1.165, 1.54) is 0 Å². The summed E-state index contributed by atoms with van der Waals surface area (Å²) >= 11 is 0. The fourth-order valence-corrected chi connectivity index (χ4v) is 0.845. The predicted molar refractivity (Wildman–Crippen MR) is 47.1 cm³/mol. The van der Waals surface area contributed by atoms with Crippen LogP contribution < -0.4 is 0 Å². The Kier molecular flexibility index (Phi) is 4.90. The summed E-state index contributed by atoms with van der Waals surface area (Å²) in [7, 11) is 0. The van der Waals surface area contributed by atoms with Crippen molar-refractivity contribution in [3.8, 4) is 0 Å². The summed E-state index contributed by atoms with van der Waals surface area (Å²) in [5.74, 6) is -1.03. The lowest BCUT2D eigenvalue weighted by atomic mass is 9.97. The molecule has 0 aliphatic heterocycles. The molecule has 0 radical (unpaired) electrons. The van der Waals surface area contributed by atoms with Crippen molar-refractivity contribution in [3.05, 3.63) is 0 Å². The highest BCUT2D eigenvalue weighted by molar-refractivity contribution is 5.70. The van der Waals surface area contributed by atoms with E-state index in [0.717, 1.165) is 0 Å². The van der Waals surface area contributed by atoms with Gasteiger partial charge in [-0.05, 0) is 19.8 Å². The molecular weight excluding hydrogens is 156 g/mol. The molecule has 1 unspecified atom stereocenters. The molecule has 0 fully saturated rings. The van der Waals surface area contributed by atoms with Gasteiger partial charge < -0.3 is 9.84 Å². The Labute approximate surface area is 73.7 Å². The average Bonchev–Trinajstić information content (AvgIpc) is 1.84. The Hall–Kier alpha value is -0.570. The van der Waals surface area contributed by atoms with Crippen molar-refractivity contribution in [2.75, 3.05) is 6.61 Å². The molecule has 0 bridgehead atoms. The highest BCUT2D eigenvalue weighted by Crippen LogP contribution is 2.12. The first-order valence-electron chi connectivity index (χ1n) is 4.29. The standard InChI is InChI=1S/C9H18O3/c1-6(2)8(9(10)11)5-12-7(3)4/h6-8H,5H2,1-4H3,(H,10,11). The first kappa shape index (κ1) is 11.4. The van der Waals surface area contributed by atoms with Crippen LogP contribution in [0.25, 0.3) is 0 Å². The molecule has 72 valence electrons. The molecule has 0 saturated heterocycles. The van der Waals surface area contributed by atoms with Crippen LogP contribution in [-0.4, -0.2) is 23.8 Å². The van der Waals surface area contributed by atoms with Crippen LogP contribution in [0.3, 0.4) is 0 Å². The maximum atomic E-state index is 10.7. The third-order valence-electron chi connectivity index (χ3n) is 1.73. The van der Waals surface area contributed by atoms with Crippen LogP contribution in [0.2, 0.25) is 0 Å². The summed E-state index contributed by atoms with van der Waals surface area (Å²) in [6.07, 6.45) is 0.102. The molecule has 12 heavy (non-hydrogen) atoms. The lowest BCUT2D eigenvalue weighted by Crippen LogP contribution is -2.26. The smallest absolute Gasteiger partial charge is 0.309 e. The molecule has 0 aliphatic rings. The summed E-state index contributed by atoms with van der Waals surface area (Å²) in [4.78, 5) is 10.7. The van der Waals surface area contributed by atoms with Crippen molar-refractivity contribution in [1.82, 2.24) is 0 Å². The number of hydrogen-bond donors (Lipinski definition) is 1. The van der Waals surface area contributed by atoms with Gasteiger partial charge in [-0.1, -0.05) is 13.8 Å². The zero-order valence-corrected chi connectivity index (χ0v) is 8.20. The van der Waals surface area contributed by atoms with Gasteiger partial charge in [0.1, 0.15) is 0 Å². The normalized spacial score (nSPS) is 13.8. The van der Waals surface area contributed by atoms with E-state index >= 15 is 0 Å². The van der Waals surface area contributed by atoms with Gasteiger partial charge in [-0.2, -0.15) is 0 Å². The zero-order chi connectivity index (χ0) is 9.72. The molecule has 0 rings (SSSR count). The number of carboxylic acids is 1. The quantitative estimate of drug-likeness (QED) is 0.691. The Morgan fingerprint density at radius 1 is 1.33 bits per heavy atom. The first-order chi connectivity index (χ1) is 5.45. The molecule has 0 aromatic heterocycles. The molecule has 3 nitrogen and oxygen atoms in total. The van der Waals surface area contributed by atoms with Gasteiger partial charge in [-0.25, -0.2) is 0 Å². The second-order valence-corrected chi connectivity index (χ2v) is 3.57. The van der Waals surface area contributed by atoms with Gasteiger partial charge in [0.25, 0.3) is 0 Å². The minimum absolute atomic E-state index is 0.102. The van der Waals surface area contributed by atoms with E-state index < -0.39 is 5.97 Å². The minimum atomic E-state index is -0.773. The van der Waals surface area contributed by atoms with Crippen molar-refractivity contribution in [1.29, 1.82) is 0 Å². The predicted octanol–water partition coefficient (Wildman–Crippen LogP) is 1.77. The van der Waals surface area contributed by atoms with Crippen LogP contribution in [-0.2, 0) is 9.53 Å². The van der Waals surface area contributed by atoms with Crippen LogP contribution in [0, 0.1) is 11.8 Å². The topological polar surface area (TPSA) is 46.5 Å². The number of carbonyl (C=O) groups is 1. The summed E-state index contributed by atoms with van der Waals surface area (Å²) < 4.78 is 5.25. The SMILES string of the molecule is CC(C)OCC(C(=O)O)C(C)C. The lowest BCUT2D eigenvalue weighted by molar-refractivity contribution is -0.146. The van der Waals surface area contributed by atoms with E-state index in [2.05, 4.69) is 0 Å². The molecule has 0 spiro atoms. The Morgan fingerprint density at radius 2 is 1.83 bits per heavy atom. The second kappa shape index (κ2) is 5.14. The Bertz CT molecular complexity index is 141. The van der Waals surface area contributed by atoms with Crippen LogP contribution in [0.15, 0.2) is 0 Å². The largest absolute Gasteiger partial charge is 0.481 e. The summed E-state index contributed by atoms with van der Waals surface area (Å²) in [6.45, 7) is 7.90. The van der Waals surface area contributed by atoms with E-state index in [0.29, 0.717) is 6.61 Å². The summed E-state index contributed by atoms with van der Waals surface area (Å²) in [6, 6.07) is 0. The molecule has 0 aromatic carbocycles. The highest BCUT2D eigenvalue weighted by Gasteiger charge is 2.21. The molecule has 1 atom stereocenters. The van der Waals surface area contributed by atoms with Gasteiger partial charge in [-0.3, -0.25) is 4.79 Å². The van der Waals surface area contributed by atoms with Crippen molar-refractivity contribution >= 4 is 5.97 Å². The summed E-state index contributed by atoms with van der Waals surface area (Å²) in [5.41, 5.74) is 0.